The first-order valence-corrected chi connectivity index (χ1v) is 14.5. The third kappa shape index (κ3) is 5.86. The van der Waals surface area contributed by atoms with E-state index in [1.165, 1.54) is 48.7 Å². The Morgan fingerprint density at radius 2 is 1.83 bits per heavy atom. The number of halogens is 4. The van der Waals surface area contributed by atoms with E-state index in [-0.39, 0.29) is 51.9 Å². The number of allylic oxidation sites excluding steroid dienone is 1. The minimum atomic E-state index is -3.57. The van der Waals surface area contributed by atoms with E-state index in [4.69, 9.17) is 10.5 Å². The Kier molecular flexibility index (Phi) is 7.54. The van der Waals surface area contributed by atoms with Crippen LogP contribution in [0.4, 0.5) is 23.4 Å². The van der Waals surface area contributed by atoms with Crippen molar-refractivity contribution in [1.82, 2.24) is 9.78 Å². The zero-order valence-electron chi connectivity index (χ0n) is 22.2. The summed E-state index contributed by atoms with van der Waals surface area (Å²) in [7, 11) is -3.57. The van der Waals surface area contributed by atoms with Crippen molar-refractivity contribution in [2.75, 3.05) is 12.0 Å². The molecule has 1 aliphatic carbocycles. The first-order chi connectivity index (χ1) is 19.8. The lowest BCUT2D eigenvalue weighted by atomic mass is 10.0. The number of ether oxygens (including phenoxy) is 2. The maximum Gasteiger partial charge on any atom is 0.387 e. The van der Waals surface area contributed by atoms with Crippen LogP contribution in [-0.2, 0) is 22.0 Å². The summed E-state index contributed by atoms with van der Waals surface area (Å²) in [5.41, 5.74) is 7.73. The molecule has 218 valence electrons. The Morgan fingerprint density at radius 1 is 1.10 bits per heavy atom. The summed E-state index contributed by atoms with van der Waals surface area (Å²) in [5.74, 6) is -2.97. The van der Waals surface area contributed by atoms with Gasteiger partial charge in [0.05, 0.1) is 17.5 Å². The number of fused-ring (bicyclic) bond motifs is 1. The van der Waals surface area contributed by atoms with Crippen LogP contribution in [0.25, 0.3) is 11.8 Å². The molecule has 0 radical (unpaired) electrons. The van der Waals surface area contributed by atoms with Crippen molar-refractivity contribution in [3.05, 3.63) is 99.8 Å². The lowest BCUT2D eigenvalue weighted by Crippen LogP contribution is -2.10. The third-order valence-corrected chi connectivity index (χ3v) is 7.35. The van der Waals surface area contributed by atoms with Crippen molar-refractivity contribution in [3.63, 3.8) is 0 Å². The fourth-order valence-electron chi connectivity index (χ4n) is 4.74. The summed E-state index contributed by atoms with van der Waals surface area (Å²) in [6.07, 6.45) is 3.69. The highest BCUT2D eigenvalue weighted by Crippen LogP contribution is 2.36. The zero-order valence-corrected chi connectivity index (χ0v) is 23.0. The fourth-order valence-corrected chi connectivity index (χ4v) is 5.53. The molecule has 3 aromatic carbocycles. The highest BCUT2D eigenvalue weighted by Gasteiger charge is 2.27. The number of carbonyl (C=O) groups is 1. The van der Waals surface area contributed by atoms with Gasteiger partial charge in [0.15, 0.2) is 33.0 Å². The van der Waals surface area contributed by atoms with Gasteiger partial charge in [-0.25, -0.2) is 21.9 Å². The van der Waals surface area contributed by atoms with Crippen LogP contribution in [-0.4, -0.2) is 36.8 Å². The number of Topliss-reactive ketones (excluding diaryl/α,β-unsaturated/α-hetero) is 1. The van der Waals surface area contributed by atoms with Gasteiger partial charge in [-0.3, -0.25) is 4.79 Å². The van der Waals surface area contributed by atoms with Gasteiger partial charge in [0.2, 0.25) is 0 Å². The maximum atomic E-state index is 15.3. The number of hydrogen-bond acceptors (Lipinski definition) is 7. The van der Waals surface area contributed by atoms with Gasteiger partial charge >= 0.3 is 6.61 Å². The number of sulfone groups is 1. The number of carbonyl (C=O) groups excluding carboxylic acids is 1. The number of alkyl halides is 2. The van der Waals surface area contributed by atoms with Gasteiger partial charge in [0.25, 0.3) is 0 Å². The smallest absolute Gasteiger partial charge is 0.387 e. The second-order valence-corrected chi connectivity index (χ2v) is 11.9. The second kappa shape index (κ2) is 11.0. The van der Waals surface area contributed by atoms with E-state index in [1.807, 2.05) is 0 Å². The molecule has 0 fully saturated rings. The van der Waals surface area contributed by atoms with Crippen LogP contribution in [0.15, 0.2) is 60.3 Å². The molecule has 0 spiro atoms. The number of anilines is 1. The predicted molar refractivity (Wildman–Crippen MR) is 147 cm³/mol. The molecule has 4 aromatic rings. The van der Waals surface area contributed by atoms with E-state index in [2.05, 4.69) is 9.84 Å². The summed E-state index contributed by atoms with van der Waals surface area (Å²) >= 11 is 0. The van der Waals surface area contributed by atoms with Crippen LogP contribution in [0, 0.1) is 18.6 Å². The second-order valence-electron chi connectivity index (χ2n) is 9.74. The average molecular weight is 602 g/mol. The van der Waals surface area contributed by atoms with Crippen LogP contribution in [0.3, 0.4) is 0 Å². The van der Waals surface area contributed by atoms with Crippen molar-refractivity contribution in [2.24, 2.45) is 0 Å². The lowest BCUT2D eigenvalue weighted by Gasteiger charge is -2.13. The molecule has 5 rings (SSSR count). The van der Waals surface area contributed by atoms with E-state index >= 15 is 4.39 Å². The van der Waals surface area contributed by atoms with E-state index in [9.17, 15) is 26.4 Å². The number of ketones is 1. The maximum absolute atomic E-state index is 15.3. The minimum Gasteiger partial charge on any atom is -0.454 e. The van der Waals surface area contributed by atoms with Crippen molar-refractivity contribution < 1.29 is 40.2 Å². The molecule has 1 aliphatic rings. The molecule has 42 heavy (non-hydrogen) atoms. The summed E-state index contributed by atoms with van der Waals surface area (Å²) in [6, 6.07) is 10.9. The van der Waals surface area contributed by atoms with Gasteiger partial charge in [-0.05, 0) is 54.0 Å². The summed E-state index contributed by atoms with van der Waals surface area (Å²) in [6.45, 7) is -1.61. The molecule has 13 heteroatoms. The van der Waals surface area contributed by atoms with Crippen LogP contribution in [0.5, 0.6) is 17.2 Å². The molecule has 0 saturated heterocycles. The van der Waals surface area contributed by atoms with E-state index in [0.29, 0.717) is 16.7 Å². The van der Waals surface area contributed by atoms with E-state index in [1.54, 1.807) is 13.0 Å². The van der Waals surface area contributed by atoms with Crippen LogP contribution < -0.4 is 15.2 Å². The van der Waals surface area contributed by atoms with Crippen molar-refractivity contribution in [3.8, 4) is 22.9 Å². The molecular weight excluding hydrogens is 578 g/mol. The lowest BCUT2D eigenvalue weighted by molar-refractivity contribution is -0.0503. The van der Waals surface area contributed by atoms with Gasteiger partial charge in [-0.15, -0.1) is 0 Å². The van der Waals surface area contributed by atoms with Crippen LogP contribution in [0.2, 0.25) is 0 Å². The topological polar surface area (TPSA) is 114 Å². The third-order valence-electron chi connectivity index (χ3n) is 6.51. The number of aryl methyl sites for hydroxylation is 1. The summed E-state index contributed by atoms with van der Waals surface area (Å²) in [4.78, 5) is 13.4. The van der Waals surface area contributed by atoms with E-state index < -0.39 is 39.6 Å². The molecule has 1 heterocycles. The van der Waals surface area contributed by atoms with Crippen LogP contribution >= 0.6 is 0 Å². The Balaban J connectivity index is 1.43. The highest BCUT2D eigenvalue weighted by molar-refractivity contribution is 7.89. The Hall–Kier alpha value is -4.65. The molecule has 0 unspecified atom stereocenters. The molecule has 0 amide bonds. The quantitative estimate of drug-likeness (QED) is 0.191. The number of nitrogen functional groups attached to an aromatic ring is 1. The predicted octanol–water partition coefficient (Wildman–Crippen LogP) is 5.80. The number of para-hydroxylation sites is 1. The molecule has 0 atom stereocenters. The SMILES string of the molecule is Cc1cc(Oc2ccccc2F)cc(F)c1-n1ncc(C(=O)C2=Cc3cc(OC(F)F)c(CS(C)(=O)=O)cc3C2)c1N. The number of hydrogen-bond donors (Lipinski definition) is 1. The van der Waals surface area contributed by atoms with Gasteiger partial charge in [-0.2, -0.15) is 13.9 Å². The van der Waals surface area contributed by atoms with Gasteiger partial charge < -0.3 is 15.2 Å². The Labute approximate surface area is 237 Å². The first-order valence-electron chi connectivity index (χ1n) is 12.4. The van der Waals surface area contributed by atoms with Crippen LogP contribution in [0.1, 0.15) is 32.6 Å². The standard InChI is InChI=1S/C29H23F4N3O5S/c1-15-7-20(40-24-6-4-3-5-22(24)30)12-23(31)26(15)36-28(34)21(13-35-36)27(37)18-8-16-10-19(14-42(2,38)39)25(41-29(32)33)11-17(16)9-18/h3-7,9-13,29H,8,14,34H2,1-2H3. The molecule has 8 nitrogen and oxygen atoms in total. The number of aromatic nitrogens is 2. The highest BCUT2D eigenvalue weighted by atomic mass is 32.2. The van der Waals surface area contributed by atoms with Crippen molar-refractivity contribution in [2.45, 2.75) is 25.7 Å². The van der Waals surface area contributed by atoms with E-state index in [0.717, 1.165) is 17.0 Å². The summed E-state index contributed by atoms with van der Waals surface area (Å²) < 4.78 is 89.9. The zero-order chi connectivity index (χ0) is 30.3. The molecule has 0 bridgehead atoms. The minimum absolute atomic E-state index is 0.0278. The van der Waals surface area contributed by atoms with Crippen molar-refractivity contribution >= 4 is 27.5 Å². The molecule has 1 aromatic heterocycles. The molecular formula is C29H23F4N3O5S. The number of rotatable bonds is 9. The fraction of sp³-hybridized carbons (Fsp3) is 0.172. The van der Waals surface area contributed by atoms with Gasteiger partial charge in [0.1, 0.15) is 23.0 Å². The molecule has 0 saturated carbocycles. The van der Waals surface area contributed by atoms with Crippen molar-refractivity contribution in [1.29, 1.82) is 0 Å². The van der Waals surface area contributed by atoms with Gasteiger partial charge in [0, 0.05) is 29.9 Å². The normalized spacial score (nSPS) is 12.8. The number of nitrogens with zero attached hydrogens (tertiary/aromatic N) is 2. The average Bonchev–Trinajstić information content (AvgIpc) is 3.47. The number of benzene rings is 3. The number of nitrogens with two attached hydrogens (primary N) is 1. The first kappa shape index (κ1) is 28.9. The Morgan fingerprint density at radius 3 is 2.50 bits per heavy atom. The van der Waals surface area contributed by atoms with Gasteiger partial charge in [-0.1, -0.05) is 18.2 Å². The summed E-state index contributed by atoms with van der Waals surface area (Å²) in [5, 5.41) is 4.11. The molecule has 0 aliphatic heterocycles. The molecule has 2 N–H and O–H groups in total. The monoisotopic (exact) mass is 601 g/mol. The largest absolute Gasteiger partial charge is 0.454 e. The Bertz CT molecular complexity index is 1850.